The van der Waals surface area contributed by atoms with Crippen LogP contribution in [0.1, 0.15) is 30.3 Å². The predicted molar refractivity (Wildman–Crippen MR) is 75.5 cm³/mol. The van der Waals surface area contributed by atoms with Gasteiger partial charge < -0.3 is 9.30 Å². The Morgan fingerprint density at radius 1 is 1.36 bits per heavy atom. The lowest BCUT2D eigenvalue weighted by Gasteiger charge is -2.21. The average Bonchev–Trinajstić information content (AvgIpc) is 2.87. The summed E-state index contributed by atoms with van der Waals surface area (Å²) >= 11 is 0. The van der Waals surface area contributed by atoms with Gasteiger partial charge in [0.05, 0.1) is 17.6 Å². The summed E-state index contributed by atoms with van der Waals surface area (Å²) in [6.07, 6.45) is -0.521. The van der Waals surface area contributed by atoms with Crippen LogP contribution >= 0.6 is 0 Å². The van der Waals surface area contributed by atoms with Gasteiger partial charge in [0.2, 0.25) is 0 Å². The van der Waals surface area contributed by atoms with Crippen LogP contribution < -0.4 is 4.74 Å². The highest BCUT2D eigenvalue weighted by Crippen LogP contribution is 2.31. The van der Waals surface area contributed by atoms with Crippen LogP contribution in [0.5, 0.6) is 5.75 Å². The van der Waals surface area contributed by atoms with Crippen LogP contribution in [0, 0.1) is 5.92 Å². The second-order valence-corrected chi connectivity index (χ2v) is 5.74. The molecule has 0 spiro atoms. The lowest BCUT2D eigenvalue weighted by molar-refractivity contribution is -0.137. The van der Waals surface area contributed by atoms with Crippen LogP contribution in [-0.2, 0) is 25.7 Å². The quantitative estimate of drug-likeness (QED) is 0.854. The predicted octanol–water partition coefficient (Wildman–Crippen LogP) is 4.06. The summed E-state index contributed by atoms with van der Waals surface area (Å²) in [5, 5.41) is 0. The van der Waals surface area contributed by atoms with Crippen molar-refractivity contribution in [1.29, 1.82) is 0 Å². The zero-order valence-corrected chi connectivity index (χ0v) is 12.2. The van der Waals surface area contributed by atoms with Crippen molar-refractivity contribution in [2.45, 2.75) is 39.1 Å². The fourth-order valence-electron chi connectivity index (χ4n) is 2.70. The zero-order valence-electron chi connectivity index (χ0n) is 12.2. The van der Waals surface area contributed by atoms with Crippen LogP contribution in [0.3, 0.4) is 0 Å². The number of aryl methyl sites for hydroxylation is 1. The number of aromatic nitrogens is 2. The molecule has 0 N–H and O–H groups in total. The summed E-state index contributed by atoms with van der Waals surface area (Å²) in [6, 6.07) is 4.93. The Labute approximate surface area is 126 Å². The maximum absolute atomic E-state index is 12.7. The molecule has 1 atom stereocenters. The highest BCUT2D eigenvalue weighted by Gasteiger charge is 2.30. The number of imidazole rings is 1. The van der Waals surface area contributed by atoms with Crippen molar-refractivity contribution in [2.24, 2.45) is 5.92 Å². The summed E-state index contributed by atoms with van der Waals surface area (Å²) in [5.41, 5.74) is 1.24. The van der Waals surface area contributed by atoms with E-state index in [1.807, 2.05) is 0 Å². The number of alkyl halides is 3. The molecule has 0 saturated heterocycles. The molecule has 0 saturated carbocycles. The van der Waals surface area contributed by atoms with Crippen molar-refractivity contribution >= 4 is 0 Å². The SMILES string of the molecule is CC1CCn2cnc(COc3cccc(C(F)(F)F)c3)c2C1. The molecule has 1 aliphatic heterocycles. The third-order valence-electron chi connectivity index (χ3n) is 3.97. The Morgan fingerprint density at radius 3 is 2.95 bits per heavy atom. The van der Waals surface area contributed by atoms with Crippen molar-refractivity contribution in [1.82, 2.24) is 9.55 Å². The van der Waals surface area contributed by atoms with Crippen LogP contribution in [0.15, 0.2) is 30.6 Å². The second kappa shape index (κ2) is 5.66. The van der Waals surface area contributed by atoms with Crippen LogP contribution in [0.4, 0.5) is 13.2 Å². The number of benzene rings is 1. The standard InChI is InChI=1S/C16H17F3N2O/c1-11-5-6-21-10-20-14(15(21)7-11)9-22-13-4-2-3-12(8-13)16(17,18)19/h2-4,8,10-11H,5-7,9H2,1H3. The highest BCUT2D eigenvalue weighted by molar-refractivity contribution is 5.30. The Hall–Kier alpha value is -1.98. The van der Waals surface area contributed by atoms with Gasteiger partial charge in [-0.2, -0.15) is 13.2 Å². The lowest BCUT2D eigenvalue weighted by Crippen LogP contribution is -2.17. The van der Waals surface area contributed by atoms with Crippen molar-refractivity contribution < 1.29 is 17.9 Å². The first-order chi connectivity index (χ1) is 10.4. The smallest absolute Gasteiger partial charge is 0.416 e. The van der Waals surface area contributed by atoms with Crippen molar-refractivity contribution in [3.8, 4) is 5.75 Å². The number of halogens is 3. The molecule has 3 rings (SSSR count). The summed E-state index contributed by atoms with van der Waals surface area (Å²) in [4.78, 5) is 4.33. The number of rotatable bonds is 3. The molecular formula is C16H17F3N2O. The maximum Gasteiger partial charge on any atom is 0.416 e. The monoisotopic (exact) mass is 310 g/mol. The molecule has 6 heteroatoms. The normalized spacial score (nSPS) is 18.1. The fourth-order valence-corrected chi connectivity index (χ4v) is 2.70. The fraction of sp³-hybridized carbons (Fsp3) is 0.438. The Kier molecular flexibility index (Phi) is 3.85. The van der Waals surface area contributed by atoms with E-state index in [0.29, 0.717) is 5.92 Å². The van der Waals surface area contributed by atoms with E-state index in [-0.39, 0.29) is 12.4 Å². The summed E-state index contributed by atoms with van der Waals surface area (Å²) in [7, 11) is 0. The molecular weight excluding hydrogens is 293 g/mol. The minimum Gasteiger partial charge on any atom is -0.487 e. The molecule has 1 aromatic carbocycles. The Morgan fingerprint density at radius 2 is 2.18 bits per heavy atom. The maximum atomic E-state index is 12.7. The van der Waals surface area contributed by atoms with Gasteiger partial charge in [-0.05, 0) is 37.0 Å². The Balaban J connectivity index is 1.72. The number of hydrogen-bond donors (Lipinski definition) is 0. The molecule has 1 unspecified atom stereocenters. The first kappa shape index (κ1) is 14.9. The molecule has 0 radical (unpaired) electrons. The molecule has 1 aliphatic rings. The zero-order chi connectivity index (χ0) is 15.7. The van der Waals surface area contributed by atoms with Crippen molar-refractivity contribution in [3.05, 3.63) is 47.5 Å². The molecule has 0 amide bonds. The van der Waals surface area contributed by atoms with Crippen LogP contribution in [0.2, 0.25) is 0 Å². The van der Waals surface area contributed by atoms with E-state index in [4.69, 9.17) is 4.74 Å². The third kappa shape index (κ3) is 3.10. The minimum absolute atomic E-state index is 0.191. The van der Waals surface area contributed by atoms with Gasteiger partial charge in [0.15, 0.2) is 0 Å². The van der Waals surface area contributed by atoms with Crippen molar-refractivity contribution in [3.63, 3.8) is 0 Å². The molecule has 2 heterocycles. The van der Waals surface area contributed by atoms with Gasteiger partial charge in [-0.1, -0.05) is 13.0 Å². The summed E-state index contributed by atoms with van der Waals surface area (Å²) < 4.78 is 45.6. The van der Waals surface area contributed by atoms with Gasteiger partial charge in [-0.25, -0.2) is 4.98 Å². The number of nitrogens with zero attached hydrogens (tertiary/aromatic N) is 2. The van der Waals surface area contributed by atoms with E-state index in [1.54, 1.807) is 6.33 Å². The number of hydrogen-bond acceptors (Lipinski definition) is 2. The van der Waals surface area contributed by atoms with Gasteiger partial charge in [0, 0.05) is 12.2 Å². The lowest BCUT2D eigenvalue weighted by atomic mass is 9.97. The van der Waals surface area contributed by atoms with E-state index >= 15 is 0 Å². The third-order valence-corrected chi connectivity index (χ3v) is 3.97. The summed E-state index contributed by atoms with van der Waals surface area (Å²) in [6.45, 7) is 3.32. The first-order valence-corrected chi connectivity index (χ1v) is 7.26. The van der Waals surface area contributed by atoms with Gasteiger partial charge in [-0.15, -0.1) is 0 Å². The van der Waals surface area contributed by atoms with Gasteiger partial charge >= 0.3 is 6.18 Å². The van der Waals surface area contributed by atoms with E-state index < -0.39 is 11.7 Å². The van der Waals surface area contributed by atoms with Gasteiger partial charge in [-0.3, -0.25) is 0 Å². The number of fused-ring (bicyclic) bond motifs is 1. The molecule has 1 aromatic heterocycles. The second-order valence-electron chi connectivity index (χ2n) is 5.74. The molecule has 0 aliphatic carbocycles. The van der Waals surface area contributed by atoms with E-state index in [9.17, 15) is 13.2 Å². The molecule has 118 valence electrons. The minimum atomic E-state index is -4.36. The van der Waals surface area contributed by atoms with Gasteiger partial charge in [0.1, 0.15) is 12.4 Å². The van der Waals surface area contributed by atoms with Crippen LogP contribution in [-0.4, -0.2) is 9.55 Å². The van der Waals surface area contributed by atoms with Crippen molar-refractivity contribution in [2.75, 3.05) is 0 Å². The van der Waals surface area contributed by atoms with E-state index in [1.165, 1.54) is 12.1 Å². The topological polar surface area (TPSA) is 27.1 Å². The average molecular weight is 310 g/mol. The van der Waals surface area contributed by atoms with Crippen LogP contribution in [0.25, 0.3) is 0 Å². The van der Waals surface area contributed by atoms with Gasteiger partial charge in [0.25, 0.3) is 0 Å². The molecule has 22 heavy (non-hydrogen) atoms. The molecule has 0 fully saturated rings. The van der Waals surface area contributed by atoms with E-state index in [0.717, 1.165) is 42.9 Å². The Bertz CT molecular complexity index is 664. The largest absolute Gasteiger partial charge is 0.487 e. The van der Waals surface area contributed by atoms with E-state index in [2.05, 4.69) is 16.5 Å². The molecule has 2 aromatic rings. The molecule has 3 nitrogen and oxygen atoms in total. The molecule has 0 bridgehead atoms. The summed E-state index contributed by atoms with van der Waals surface area (Å²) in [5.74, 6) is 0.803. The highest BCUT2D eigenvalue weighted by atomic mass is 19.4. The first-order valence-electron chi connectivity index (χ1n) is 7.26. The number of ether oxygens (including phenoxy) is 1.